The maximum Gasteiger partial charge on any atom is 0.233 e. The number of nitrogens with zero attached hydrogens (tertiary/aromatic N) is 7. The molecule has 0 unspecified atom stereocenters. The Kier molecular flexibility index (Phi) is 4.92. The molecule has 0 radical (unpaired) electrons. The lowest BCUT2D eigenvalue weighted by Crippen LogP contribution is -2.02. The third-order valence-corrected chi connectivity index (χ3v) is 4.12. The Morgan fingerprint density at radius 2 is 1.93 bits per heavy atom. The molecule has 4 rings (SSSR count). The van der Waals surface area contributed by atoms with Gasteiger partial charge in [0.15, 0.2) is 5.82 Å². The second kappa shape index (κ2) is 7.84. The van der Waals surface area contributed by atoms with E-state index < -0.39 is 0 Å². The molecule has 0 aliphatic rings. The predicted octanol–water partition coefficient (Wildman–Crippen LogP) is 2.46. The predicted molar refractivity (Wildman–Crippen MR) is 104 cm³/mol. The third-order valence-electron chi connectivity index (χ3n) is 4.12. The number of nitrogens with two attached hydrogens (primary N) is 1. The highest BCUT2D eigenvalue weighted by Crippen LogP contribution is 2.31. The van der Waals surface area contributed by atoms with E-state index in [2.05, 4.69) is 25.0 Å². The third kappa shape index (κ3) is 3.78. The van der Waals surface area contributed by atoms with Crippen LogP contribution in [0.15, 0.2) is 55.0 Å². The number of pyridine rings is 2. The molecule has 0 saturated heterocycles. The number of hydrogen-bond acceptors (Lipinski definition) is 8. The summed E-state index contributed by atoms with van der Waals surface area (Å²) in [4.78, 5) is 17.2. The maximum atomic E-state index is 9.23. The molecule has 4 heterocycles. The van der Waals surface area contributed by atoms with Crippen molar-refractivity contribution < 1.29 is 4.74 Å². The minimum absolute atomic E-state index is 0.208. The molecule has 29 heavy (non-hydrogen) atoms. The van der Waals surface area contributed by atoms with Gasteiger partial charge in [0.1, 0.15) is 17.5 Å². The van der Waals surface area contributed by atoms with Crippen LogP contribution in [0.4, 0.5) is 0 Å². The van der Waals surface area contributed by atoms with Crippen LogP contribution >= 0.6 is 0 Å². The summed E-state index contributed by atoms with van der Waals surface area (Å²) in [5.74, 6) is 1.06. The van der Waals surface area contributed by atoms with Gasteiger partial charge in [0.25, 0.3) is 0 Å². The number of nitriles is 1. The van der Waals surface area contributed by atoms with Crippen molar-refractivity contribution in [1.82, 2.24) is 29.7 Å². The van der Waals surface area contributed by atoms with Crippen molar-refractivity contribution >= 4 is 0 Å². The van der Waals surface area contributed by atoms with Crippen LogP contribution in [0.1, 0.15) is 11.3 Å². The average molecular weight is 384 g/mol. The van der Waals surface area contributed by atoms with E-state index in [1.807, 2.05) is 24.3 Å². The van der Waals surface area contributed by atoms with E-state index in [1.165, 1.54) is 0 Å². The number of aryl methyl sites for hydroxylation is 1. The molecule has 9 nitrogen and oxygen atoms in total. The van der Waals surface area contributed by atoms with Crippen molar-refractivity contribution in [2.75, 3.05) is 0 Å². The Bertz CT molecular complexity index is 1180. The van der Waals surface area contributed by atoms with E-state index in [0.29, 0.717) is 29.5 Å². The van der Waals surface area contributed by atoms with Crippen molar-refractivity contribution in [3.8, 4) is 40.6 Å². The number of ether oxygens (including phenoxy) is 1. The van der Waals surface area contributed by atoms with E-state index in [9.17, 15) is 5.26 Å². The molecule has 142 valence electrons. The molecule has 0 fully saturated rings. The summed E-state index contributed by atoms with van der Waals surface area (Å²) in [7, 11) is 1.75. The summed E-state index contributed by atoms with van der Waals surface area (Å²) >= 11 is 0. The molecule has 0 spiro atoms. The SMILES string of the molecule is Cn1nc(-c2ccccn2)cc1Oc1nc(C#N)ccc1-c1ncc(CN)cn1. The Hall–Kier alpha value is -4.16. The molecule has 0 saturated carbocycles. The fraction of sp³-hybridized carbons (Fsp3) is 0.100. The molecule has 0 aromatic carbocycles. The first-order valence-corrected chi connectivity index (χ1v) is 8.73. The molecule has 0 aliphatic carbocycles. The largest absolute Gasteiger partial charge is 0.420 e. The highest BCUT2D eigenvalue weighted by atomic mass is 16.5. The normalized spacial score (nSPS) is 10.5. The van der Waals surface area contributed by atoms with E-state index in [1.54, 1.807) is 48.5 Å². The van der Waals surface area contributed by atoms with Gasteiger partial charge < -0.3 is 10.5 Å². The van der Waals surface area contributed by atoms with E-state index in [0.717, 1.165) is 11.3 Å². The maximum absolute atomic E-state index is 9.23. The van der Waals surface area contributed by atoms with Crippen molar-refractivity contribution in [3.05, 3.63) is 66.2 Å². The summed E-state index contributed by atoms with van der Waals surface area (Å²) in [6.45, 7) is 0.348. The standard InChI is InChI=1S/C20H16N8O/c1-28-18(8-17(27-28)16-4-2-3-7-23-16)29-20-15(6-5-14(10-22)26-20)19-24-11-13(9-21)12-25-19/h2-8,11-12H,9,21H2,1H3. The molecule has 2 N–H and O–H groups in total. The Morgan fingerprint density at radius 3 is 2.62 bits per heavy atom. The van der Waals surface area contributed by atoms with Gasteiger partial charge in [-0.1, -0.05) is 6.07 Å². The Morgan fingerprint density at radius 1 is 1.10 bits per heavy atom. The number of hydrogen-bond donors (Lipinski definition) is 1. The van der Waals surface area contributed by atoms with Crippen molar-refractivity contribution in [1.29, 1.82) is 5.26 Å². The molecule has 0 amide bonds. The van der Waals surface area contributed by atoms with Gasteiger partial charge in [-0.05, 0) is 24.3 Å². The lowest BCUT2D eigenvalue weighted by molar-refractivity contribution is 0.416. The molecule has 4 aromatic heterocycles. The van der Waals surface area contributed by atoms with Crippen LogP contribution in [0.2, 0.25) is 0 Å². The van der Waals surface area contributed by atoms with Crippen LogP contribution in [0.3, 0.4) is 0 Å². The van der Waals surface area contributed by atoms with Gasteiger partial charge in [0.2, 0.25) is 11.8 Å². The molecule has 0 bridgehead atoms. The molecular weight excluding hydrogens is 368 g/mol. The van der Waals surface area contributed by atoms with Crippen molar-refractivity contribution in [2.24, 2.45) is 12.8 Å². The topological polar surface area (TPSA) is 128 Å². The zero-order chi connectivity index (χ0) is 20.2. The summed E-state index contributed by atoms with van der Waals surface area (Å²) < 4.78 is 7.58. The van der Waals surface area contributed by atoms with E-state index in [-0.39, 0.29) is 11.6 Å². The van der Waals surface area contributed by atoms with Gasteiger partial charge in [-0.15, -0.1) is 0 Å². The molecule has 0 atom stereocenters. The van der Waals surface area contributed by atoms with Gasteiger partial charge in [-0.2, -0.15) is 10.4 Å². The van der Waals surface area contributed by atoms with Gasteiger partial charge in [0.05, 0.1) is 11.3 Å². The fourth-order valence-electron chi connectivity index (χ4n) is 2.63. The zero-order valence-corrected chi connectivity index (χ0v) is 15.5. The quantitative estimate of drug-likeness (QED) is 0.555. The average Bonchev–Trinajstić information content (AvgIpc) is 3.14. The van der Waals surface area contributed by atoms with Gasteiger partial charge in [-0.25, -0.2) is 19.6 Å². The first-order chi connectivity index (χ1) is 14.2. The van der Waals surface area contributed by atoms with Crippen LogP contribution in [-0.4, -0.2) is 29.7 Å². The van der Waals surface area contributed by atoms with Gasteiger partial charge in [-0.3, -0.25) is 4.98 Å². The van der Waals surface area contributed by atoms with Crippen LogP contribution in [0, 0.1) is 11.3 Å². The Balaban J connectivity index is 1.73. The van der Waals surface area contributed by atoms with Gasteiger partial charge >= 0.3 is 0 Å². The molecular formula is C20H16N8O. The summed E-state index contributed by atoms with van der Waals surface area (Å²) in [6.07, 6.45) is 4.99. The Labute approximate surface area is 166 Å². The number of aromatic nitrogens is 6. The summed E-state index contributed by atoms with van der Waals surface area (Å²) in [6, 6.07) is 12.6. The smallest absolute Gasteiger partial charge is 0.233 e. The first-order valence-electron chi connectivity index (χ1n) is 8.73. The van der Waals surface area contributed by atoms with E-state index >= 15 is 0 Å². The minimum atomic E-state index is 0.208. The van der Waals surface area contributed by atoms with Crippen molar-refractivity contribution in [3.63, 3.8) is 0 Å². The minimum Gasteiger partial charge on any atom is -0.420 e. The molecule has 0 aliphatic heterocycles. The highest BCUT2D eigenvalue weighted by Gasteiger charge is 2.16. The van der Waals surface area contributed by atoms with Crippen LogP contribution in [0.5, 0.6) is 11.8 Å². The zero-order valence-electron chi connectivity index (χ0n) is 15.5. The molecule has 4 aromatic rings. The molecule has 9 heteroatoms. The first kappa shape index (κ1) is 18.2. The fourth-order valence-corrected chi connectivity index (χ4v) is 2.63. The van der Waals surface area contributed by atoms with Gasteiger partial charge in [0, 0.05) is 43.8 Å². The van der Waals surface area contributed by atoms with Crippen molar-refractivity contribution in [2.45, 2.75) is 6.54 Å². The van der Waals surface area contributed by atoms with Crippen LogP contribution < -0.4 is 10.5 Å². The second-order valence-corrected chi connectivity index (χ2v) is 6.09. The highest BCUT2D eigenvalue weighted by molar-refractivity contribution is 5.63. The number of rotatable bonds is 5. The monoisotopic (exact) mass is 384 g/mol. The summed E-state index contributed by atoms with van der Waals surface area (Å²) in [5, 5.41) is 13.7. The lowest BCUT2D eigenvalue weighted by Gasteiger charge is -2.09. The summed E-state index contributed by atoms with van der Waals surface area (Å²) in [5.41, 5.74) is 8.56. The second-order valence-electron chi connectivity index (χ2n) is 6.09. The van der Waals surface area contributed by atoms with E-state index in [4.69, 9.17) is 10.5 Å². The van der Waals surface area contributed by atoms with Crippen LogP contribution in [-0.2, 0) is 13.6 Å². The van der Waals surface area contributed by atoms with Crippen LogP contribution in [0.25, 0.3) is 22.8 Å². The lowest BCUT2D eigenvalue weighted by atomic mass is 10.2.